The van der Waals surface area contributed by atoms with Gasteiger partial charge in [0.2, 0.25) is 0 Å². The number of unbranched alkanes of at least 4 members (excludes halogenated alkanes) is 4. The summed E-state index contributed by atoms with van der Waals surface area (Å²) >= 11 is 0. The summed E-state index contributed by atoms with van der Waals surface area (Å²) in [5.74, 6) is 2.57. The molecule has 0 fully saturated rings. The minimum Gasteiger partial charge on any atom is -0.466 e. The number of ketones is 1. The molecule has 0 aliphatic heterocycles. The van der Waals surface area contributed by atoms with Gasteiger partial charge in [-0.2, -0.15) is 0 Å². The monoisotopic (exact) mass is 238 g/mol. The van der Waals surface area contributed by atoms with Crippen molar-refractivity contribution in [1.29, 1.82) is 0 Å². The smallest absolute Gasteiger partial charge is 0.302 e. The Balaban J connectivity index is 3.24. The Kier molecular flexibility index (Phi) is 10.3. The highest BCUT2D eigenvalue weighted by Gasteiger charge is 2.02. The Labute approximate surface area is 104 Å². The second-order valence-electron chi connectivity index (χ2n) is 4.10. The second-order valence-corrected chi connectivity index (χ2v) is 4.10. The quantitative estimate of drug-likeness (QED) is 0.334. The largest absolute Gasteiger partial charge is 0.466 e. The highest BCUT2D eigenvalue weighted by atomic mass is 16.5. The lowest BCUT2D eigenvalue weighted by molar-refractivity contribution is -0.141. The van der Waals surface area contributed by atoms with E-state index in [1.54, 1.807) is 0 Å². The molecular weight excluding hydrogens is 216 g/mol. The van der Waals surface area contributed by atoms with Crippen LogP contribution < -0.4 is 0 Å². The molecule has 0 N–H and O–H groups in total. The van der Waals surface area contributed by atoms with Gasteiger partial charge in [0.1, 0.15) is 5.78 Å². The predicted octanol–water partition coefficient (Wildman–Crippen LogP) is 2.87. The Morgan fingerprint density at radius 1 is 1.06 bits per heavy atom. The first kappa shape index (κ1) is 15.7. The molecule has 96 valence electrons. The number of carbonyl (C=O) groups is 2. The van der Waals surface area contributed by atoms with Gasteiger partial charge in [0, 0.05) is 26.2 Å². The summed E-state index contributed by atoms with van der Waals surface area (Å²) in [7, 11) is 0. The molecule has 0 bridgehead atoms. The maximum absolute atomic E-state index is 11.4. The zero-order valence-corrected chi connectivity index (χ0v) is 10.7. The number of hydrogen-bond acceptors (Lipinski definition) is 3. The Bertz CT molecular complexity index is 263. The minimum absolute atomic E-state index is 0.258. The van der Waals surface area contributed by atoms with Crippen molar-refractivity contribution in [3.63, 3.8) is 0 Å². The third-order valence-electron chi connectivity index (χ3n) is 2.43. The molecule has 0 spiro atoms. The van der Waals surface area contributed by atoms with E-state index in [9.17, 15) is 9.59 Å². The van der Waals surface area contributed by atoms with Gasteiger partial charge in [-0.25, -0.2) is 0 Å². The van der Waals surface area contributed by atoms with E-state index in [0.29, 0.717) is 25.9 Å². The predicted molar refractivity (Wildman–Crippen MR) is 67.4 cm³/mol. The fraction of sp³-hybridized carbons (Fsp3) is 0.714. The highest BCUT2D eigenvalue weighted by Crippen LogP contribution is 2.07. The minimum atomic E-state index is -0.286. The first-order valence-corrected chi connectivity index (χ1v) is 6.25. The molecule has 0 atom stereocenters. The zero-order valence-electron chi connectivity index (χ0n) is 10.7. The number of rotatable bonds is 10. The van der Waals surface area contributed by atoms with Gasteiger partial charge in [-0.3, -0.25) is 9.59 Å². The molecule has 0 unspecified atom stereocenters. The van der Waals surface area contributed by atoms with Crippen LogP contribution in [0.1, 0.15) is 58.3 Å². The van der Waals surface area contributed by atoms with Crippen LogP contribution in [0.2, 0.25) is 0 Å². The summed E-state index contributed by atoms with van der Waals surface area (Å²) in [6, 6.07) is 0. The van der Waals surface area contributed by atoms with E-state index in [4.69, 9.17) is 11.2 Å². The van der Waals surface area contributed by atoms with Gasteiger partial charge < -0.3 is 4.74 Å². The molecule has 17 heavy (non-hydrogen) atoms. The molecule has 3 heteroatoms. The molecule has 0 radical (unpaired) electrons. The van der Waals surface area contributed by atoms with Crippen molar-refractivity contribution in [2.75, 3.05) is 6.61 Å². The van der Waals surface area contributed by atoms with Crippen molar-refractivity contribution in [3.8, 4) is 12.3 Å². The van der Waals surface area contributed by atoms with Crippen molar-refractivity contribution < 1.29 is 14.3 Å². The van der Waals surface area contributed by atoms with Crippen LogP contribution >= 0.6 is 0 Å². The van der Waals surface area contributed by atoms with Crippen LogP contribution in [0.4, 0.5) is 0 Å². The molecule has 0 amide bonds. The summed E-state index contributed by atoms with van der Waals surface area (Å²) in [5.41, 5.74) is 0. The fourth-order valence-electron chi connectivity index (χ4n) is 1.51. The summed E-state index contributed by atoms with van der Waals surface area (Å²) < 4.78 is 4.75. The molecule has 0 saturated carbocycles. The van der Waals surface area contributed by atoms with Crippen molar-refractivity contribution in [1.82, 2.24) is 0 Å². The number of hydrogen-bond donors (Lipinski definition) is 0. The van der Waals surface area contributed by atoms with Gasteiger partial charge in [-0.15, -0.1) is 12.3 Å². The van der Waals surface area contributed by atoms with E-state index in [-0.39, 0.29) is 11.8 Å². The molecule has 3 nitrogen and oxygen atoms in total. The normalized spacial score (nSPS) is 9.65. The highest BCUT2D eigenvalue weighted by molar-refractivity contribution is 5.78. The average Bonchev–Trinajstić information content (AvgIpc) is 2.29. The summed E-state index contributed by atoms with van der Waals surface area (Å²) in [5, 5.41) is 0. The van der Waals surface area contributed by atoms with Gasteiger partial charge >= 0.3 is 5.97 Å². The van der Waals surface area contributed by atoms with Gasteiger partial charge in [0.25, 0.3) is 0 Å². The lowest BCUT2D eigenvalue weighted by Crippen LogP contribution is -2.04. The van der Waals surface area contributed by atoms with Gasteiger partial charge in [-0.05, 0) is 19.3 Å². The van der Waals surface area contributed by atoms with Gasteiger partial charge in [-0.1, -0.05) is 12.8 Å². The number of Topliss-reactive ketones (excluding diaryl/α,β-unsaturated/α-hetero) is 1. The second kappa shape index (κ2) is 11.2. The number of carbonyl (C=O) groups excluding carboxylic acids is 2. The fourth-order valence-corrected chi connectivity index (χ4v) is 1.51. The zero-order chi connectivity index (χ0) is 12.9. The maximum atomic E-state index is 11.4. The third kappa shape index (κ3) is 12.6. The van der Waals surface area contributed by atoms with E-state index in [2.05, 4.69) is 5.92 Å². The summed E-state index contributed by atoms with van der Waals surface area (Å²) in [6.45, 7) is 1.72. The number of ether oxygens (including phenoxy) is 1. The van der Waals surface area contributed by atoms with E-state index < -0.39 is 0 Å². The van der Waals surface area contributed by atoms with Crippen molar-refractivity contribution >= 4 is 11.8 Å². The van der Waals surface area contributed by atoms with Crippen LogP contribution in [0, 0.1) is 12.3 Å². The Morgan fingerprint density at radius 3 is 2.35 bits per heavy atom. The van der Waals surface area contributed by atoms with Crippen LogP contribution in [-0.4, -0.2) is 18.4 Å². The van der Waals surface area contributed by atoms with E-state index in [0.717, 1.165) is 32.1 Å². The Morgan fingerprint density at radius 2 is 1.71 bits per heavy atom. The van der Waals surface area contributed by atoms with E-state index >= 15 is 0 Å². The summed E-state index contributed by atoms with van der Waals surface area (Å²) in [4.78, 5) is 21.9. The average molecular weight is 238 g/mol. The maximum Gasteiger partial charge on any atom is 0.302 e. The van der Waals surface area contributed by atoms with Gasteiger partial charge in [0.15, 0.2) is 0 Å². The van der Waals surface area contributed by atoms with Crippen LogP contribution in [0.15, 0.2) is 0 Å². The van der Waals surface area contributed by atoms with Crippen LogP contribution in [0.3, 0.4) is 0 Å². The first-order chi connectivity index (χ1) is 8.16. The van der Waals surface area contributed by atoms with Crippen molar-refractivity contribution in [2.45, 2.75) is 58.3 Å². The lowest BCUT2D eigenvalue weighted by Gasteiger charge is -2.02. The molecule has 0 aromatic rings. The van der Waals surface area contributed by atoms with Crippen LogP contribution in [-0.2, 0) is 14.3 Å². The molecular formula is C14H22O3. The molecule has 0 aromatic heterocycles. The molecule has 0 aromatic carbocycles. The Hall–Kier alpha value is -1.30. The van der Waals surface area contributed by atoms with E-state index in [1.807, 2.05) is 0 Å². The topological polar surface area (TPSA) is 43.4 Å². The van der Waals surface area contributed by atoms with E-state index in [1.165, 1.54) is 6.92 Å². The standard InChI is InChI=1S/C14H22O3/c1-3-4-5-6-7-8-10-14(16)11-9-12-17-13(2)15/h1H,4-12H2,2H3. The van der Waals surface area contributed by atoms with Crippen LogP contribution in [0.25, 0.3) is 0 Å². The first-order valence-electron chi connectivity index (χ1n) is 6.25. The molecule has 0 heterocycles. The molecule has 0 saturated heterocycles. The van der Waals surface area contributed by atoms with Crippen molar-refractivity contribution in [2.24, 2.45) is 0 Å². The molecule has 0 rings (SSSR count). The van der Waals surface area contributed by atoms with Crippen molar-refractivity contribution in [3.05, 3.63) is 0 Å². The summed E-state index contributed by atoms with van der Waals surface area (Å²) in [6.07, 6.45) is 11.9. The van der Waals surface area contributed by atoms with Gasteiger partial charge in [0.05, 0.1) is 6.61 Å². The SMILES string of the molecule is C#CCCCCCCC(=O)CCCOC(C)=O. The number of terminal acetylenes is 1. The number of esters is 1. The van der Waals surface area contributed by atoms with Crippen LogP contribution in [0.5, 0.6) is 0 Å². The molecule has 0 aliphatic carbocycles. The third-order valence-corrected chi connectivity index (χ3v) is 2.43. The lowest BCUT2D eigenvalue weighted by atomic mass is 10.1. The molecule has 0 aliphatic rings.